The smallest absolute Gasteiger partial charge is 0.365 e. The number of benzene rings is 1. The number of para-hydroxylation sites is 1. The molecule has 1 unspecified atom stereocenters. The molecule has 0 aliphatic heterocycles. The van der Waals surface area contributed by atoms with E-state index in [-0.39, 0.29) is 17.5 Å². The van der Waals surface area contributed by atoms with Gasteiger partial charge in [-0.15, -0.1) is 11.3 Å². The maximum Gasteiger partial charge on any atom is 0.365 e. The first-order valence-electron chi connectivity index (χ1n) is 11.5. The van der Waals surface area contributed by atoms with Gasteiger partial charge in [-0.3, -0.25) is 4.79 Å². The summed E-state index contributed by atoms with van der Waals surface area (Å²) >= 11 is 1.67. The molecule has 1 amide bonds. The van der Waals surface area contributed by atoms with E-state index in [0.717, 1.165) is 29.5 Å². The Labute approximate surface area is 205 Å². The number of amides is 1. The van der Waals surface area contributed by atoms with Crippen molar-refractivity contribution in [2.24, 2.45) is 11.3 Å². The Morgan fingerprint density at radius 1 is 1.26 bits per heavy atom. The average molecular weight is 494 g/mol. The summed E-state index contributed by atoms with van der Waals surface area (Å²) in [6, 6.07) is 6.55. The molecule has 10 heteroatoms. The van der Waals surface area contributed by atoms with Crippen molar-refractivity contribution in [3.05, 3.63) is 57.1 Å². The van der Waals surface area contributed by atoms with Crippen LogP contribution in [0, 0.1) is 11.3 Å². The number of aryl methyl sites for hydroxylation is 1. The Morgan fingerprint density at radius 3 is 2.77 bits per heavy atom. The van der Waals surface area contributed by atoms with Gasteiger partial charge in [0.05, 0.1) is 23.7 Å². The van der Waals surface area contributed by atoms with Crippen LogP contribution in [0.25, 0.3) is 15.9 Å². The Morgan fingerprint density at radius 2 is 2.03 bits per heavy atom. The Hall–Kier alpha value is -3.53. The van der Waals surface area contributed by atoms with E-state index in [4.69, 9.17) is 4.74 Å². The molecule has 1 atom stereocenters. The number of esters is 1. The Kier molecular flexibility index (Phi) is 5.71. The number of fused-ring (bicyclic) bond motifs is 5. The normalized spacial score (nSPS) is 15.8. The lowest BCUT2D eigenvalue weighted by molar-refractivity contribution is -0.117. The van der Waals surface area contributed by atoms with Crippen molar-refractivity contribution in [2.75, 3.05) is 12.4 Å². The largest absolute Gasteiger partial charge is 0.465 e. The standard InChI is InChI=1S/C25H27N5O4S/c1-25(2,3)14-9-10-16-18(11-14)35-22-20(16)21-28-24(33)29(30(21)13-26-22)12-19(31)27-17-8-6-5-7-15(17)23(32)34-4/h5-8,13-14H,9-12H2,1-4H3,(H,27,31). The van der Waals surface area contributed by atoms with Gasteiger partial charge in [0.15, 0.2) is 5.65 Å². The summed E-state index contributed by atoms with van der Waals surface area (Å²) in [7, 11) is 1.28. The monoisotopic (exact) mass is 493 g/mol. The number of carbonyl (C=O) groups excluding carboxylic acids is 2. The fourth-order valence-corrected chi connectivity index (χ4v) is 6.04. The van der Waals surface area contributed by atoms with Crippen LogP contribution in [0.4, 0.5) is 5.69 Å². The van der Waals surface area contributed by atoms with E-state index in [9.17, 15) is 14.4 Å². The molecule has 1 aliphatic rings. The quantitative estimate of drug-likeness (QED) is 0.435. The van der Waals surface area contributed by atoms with Gasteiger partial charge in [-0.1, -0.05) is 32.9 Å². The maximum absolute atomic E-state index is 12.8. The summed E-state index contributed by atoms with van der Waals surface area (Å²) in [5, 5.41) is 3.61. The summed E-state index contributed by atoms with van der Waals surface area (Å²) in [6.07, 6.45) is 4.55. The molecule has 0 saturated carbocycles. The molecule has 0 saturated heterocycles. The van der Waals surface area contributed by atoms with Crippen LogP contribution in [0.2, 0.25) is 0 Å². The minimum absolute atomic E-state index is 0.231. The van der Waals surface area contributed by atoms with E-state index in [1.165, 1.54) is 22.2 Å². The summed E-state index contributed by atoms with van der Waals surface area (Å²) in [5.41, 5.74) is 1.99. The van der Waals surface area contributed by atoms with Crippen LogP contribution in [0.3, 0.4) is 0 Å². The van der Waals surface area contributed by atoms with Gasteiger partial charge in [0.1, 0.15) is 17.7 Å². The molecule has 182 valence electrons. The first-order chi connectivity index (χ1) is 16.7. The number of nitrogens with one attached hydrogen (secondary N) is 1. The molecule has 1 N–H and O–H groups in total. The van der Waals surface area contributed by atoms with Crippen LogP contribution in [-0.2, 0) is 28.9 Å². The Balaban J connectivity index is 1.48. The van der Waals surface area contributed by atoms with Crippen molar-refractivity contribution < 1.29 is 14.3 Å². The molecule has 0 fully saturated rings. The number of nitrogens with zero attached hydrogens (tertiary/aromatic N) is 4. The lowest BCUT2D eigenvalue weighted by Crippen LogP contribution is -2.29. The minimum atomic E-state index is -0.560. The van der Waals surface area contributed by atoms with E-state index >= 15 is 0 Å². The van der Waals surface area contributed by atoms with Crippen LogP contribution >= 0.6 is 11.3 Å². The molecule has 5 rings (SSSR count). The number of anilines is 1. The first kappa shape index (κ1) is 23.2. The summed E-state index contributed by atoms with van der Waals surface area (Å²) < 4.78 is 7.59. The third-order valence-corrected chi connectivity index (χ3v) is 7.94. The van der Waals surface area contributed by atoms with Gasteiger partial charge < -0.3 is 10.1 Å². The molecule has 1 aliphatic carbocycles. The lowest BCUT2D eigenvalue weighted by Gasteiger charge is -2.33. The van der Waals surface area contributed by atoms with Crippen LogP contribution in [0.5, 0.6) is 0 Å². The fourth-order valence-electron chi connectivity index (χ4n) is 4.78. The molecule has 4 aromatic rings. The summed E-state index contributed by atoms with van der Waals surface area (Å²) in [6.45, 7) is 6.56. The van der Waals surface area contributed by atoms with Crippen molar-refractivity contribution >= 4 is 44.8 Å². The van der Waals surface area contributed by atoms with E-state index in [2.05, 4.69) is 36.1 Å². The molecule has 35 heavy (non-hydrogen) atoms. The second kappa shape index (κ2) is 8.60. The topological polar surface area (TPSA) is 108 Å². The highest BCUT2D eigenvalue weighted by Gasteiger charge is 2.32. The molecule has 3 heterocycles. The zero-order chi connectivity index (χ0) is 24.9. The Bertz CT molecular complexity index is 1520. The van der Waals surface area contributed by atoms with Gasteiger partial charge in [0.2, 0.25) is 5.91 Å². The number of thiophene rings is 1. The zero-order valence-corrected chi connectivity index (χ0v) is 20.9. The van der Waals surface area contributed by atoms with Gasteiger partial charge >= 0.3 is 11.7 Å². The van der Waals surface area contributed by atoms with Crippen molar-refractivity contribution in [3.63, 3.8) is 0 Å². The number of methoxy groups -OCH3 is 1. The van der Waals surface area contributed by atoms with E-state index in [0.29, 0.717) is 17.3 Å². The molecular formula is C25H27N5O4S. The maximum atomic E-state index is 12.8. The predicted octanol–water partition coefficient (Wildman–Crippen LogP) is 3.68. The van der Waals surface area contributed by atoms with E-state index in [1.54, 1.807) is 46.4 Å². The van der Waals surface area contributed by atoms with Crippen LogP contribution < -0.4 is 11.0 Å². The molecule has 1 aromatic carbocycles. The second-order valence-electron chi connectivity index (χ2n) is 9.94. The number of aromatic nitrogens is 4. The highest BCUT2D eigenvalue weighted by molar-refractivity contribution is 7.19. The SMILES string of the molecule is COC(=O)c1ccccc1NC(=O)Cn1c(=O)nc2c3c4c(sc3ncn21)CC(C(C)(C)C)CC4. The summed E-state index contributed by atoms with van der Waals surface area (Å²) in [4.78, 5) is 48.7. The van der Waals surface area contributed by atoms with Crippen molar-refractivity contribution in [2.45, 2.75) is 46.6 Å². The van der Waals surface area contributed by atoms with Gasteiger partial charge in [-0.2, -0.15) is 4.98 Å². The molecular weight excluding hydrogens is 466 g/mol. The van der Waals surface area contributed by atoms with Crippen molar-refractivity contribution in [1.82, 2.24) is 19.2 Å². The highest BCUT2D eigenvalue weighted by atomic mass is 32.1. The van der Waals surface area contributed by atoms with Gasteiger partial charge in [-0.25, -0.2) is 23.8 Å². The minimum Gasteiger partial charge on any atom is -0.465 e. The molecule has 3 aromatic heterocycles. The average Bonchev–Trinajstić information content (AvgIpc) is 3.35. The number of rotatable bonds is 4. The highest BCUT2D eigenvalue weighted by Crippen LogP contribution is 2.43. The van der Waals surface area contributed by atoms with Gasteiger partial charge in [0.25, 0.3) is 0 Å². The first-order valence-corrected chi connectivity index (χ1v) is 12.3. The third-order valence-electron chi connectivity index (χ3n) is 6.78. The fraction of sp³-hybridized carbons (Fsp3) is 0.400. The van der Waals surface area contributed by atoms with Gasteiger partial charge in [-0.05, 0) is 48.3 Å². The number of hydrogen-bond acceptors (Lipinski definition) is 7. The van der Waals surface area contributed by atoms with Crippen LogP contribution in [0.15, 0.2) is 35.4 Å². The van der Waals surface area contributed by atoms with Crippen LogP contribution in [0.1, 0.15) is 48.0 Å². The molecule has 0 radical (unpaired) electrons. The zero-order valence-electron chi connectivity index (χ0n) is 20.1. The molecule has 0 spiro atoms. The molecule has 0 bridgehead atoms. The van der Waals surface area contributed by atoms with E-state index in [1.807, 2.05) is 0 Å². The lowest BCUT2D eigenvalue weighted by atomic mass is 9.72. The van der Waals surface area contributed by atoms with Crippen LogP contribution in [-0.4, -0.2) is 38.2 Å². The number of ether oxygens (including phenoxy) is 1. The second-order valence-corrected chi connectivity index (χ2v) is 11.0. The number of hydrogen-bond donors (Lipinski definition) is 1. The van der Waals surface area contributed by atoms with Crippen molar-refractivity contribution in [3.8, 4) is 0 Å². The van der Waals surface area contributed by atoms with E-state index < -0.39 is 17.6 Å². The van der Waals surface area contributed by atoms with Gasteiger partial charge in [0, 0.05) is 4.88 Å². The van der Waals surface area contributed by atoms with Crippen molar-refractivity contribution in [1.29, 1.82) is 0 Å². The predicted molar refractivity (Wildman–Crippen MR) is 134 cm³/mol. The molecule has 9 nitrogen and oxygen atoms in total. The number of carbonyl (C=O) groups is 2. The summed E-state index contributed by atoms with van der Waals surface area (Å²) in [5.74, 6) is -0.434. The third kappa shape index (κ3) is 4.12.